The largest absolute Gasteiger partial charge is 0.466 e. The second kappa shape index (κ2) is 6.60. The number of piperidine rings is 1. The summed E-state index contributed by atoms with van der Waals surface area (Å²) >= 11 is 1.61. The van der Waals surface area contributed by atoms with Crippen LogP contribution in [0.5, 0.6) is 0 Å². The number of esters is 1. The summed E-state index contributed by atoms with van der Waals surface area (Å²) in [6.45, 7) is 7.45. The molecule has 2 heterocycles. The lowest BCUT2D eigenvalue weighted by atomic mass is 9.87. The molecule has 0 spiro atoms. The van der Waals surface area contributed by atoms with E-state index in [2.05, 4.69) is 0 Å². The van der Waals surface area contributed by atoms with Gasteiger partial charge in [0.1, 0.15) is 0 Å². The number of hydrogen-bond acceptors (Lipinski definition) is 4. The Bertz CT molecular complexity index is 488. The molecule has 1 fully saturated rings. The topological polar surface area (TPSA) is 46.6 Å². The normalized spacial score (nSPS) is 16.8. The minimum Gasteiger partial charge on any atom is -0.466 e. The Kier molecular flexibility index (Phi) is 5.04. The maximum Gasteiger partial charge on any atom is 0.309 e. The molecule has 1 amide bonds. The van der Waals surface area contributed by atoms with Crippen LogP contribution in [0.25, 0.3) is 0 Å². The van der Waals surface area contributed by atoms with Crippen LogP contribution in [0, 0.1) is 5.92 Å². The number of hydrogen-bond donors (Lipinski definition) is 0. The van der Waals surface area contributed by atoms with Crippen LogP contribution in [0.1, 0.15) is 38.5 Å². The average Bonchev–Trinajstić information content (AvgIpc) is 3.02. The van der Waals surface area contributed by atoms with Gasteiger partial charge < -0.3 is 9.64 Å². The van der Waals surface area contributed by atoms with Crippen molar-refractivity contribution in [2.45, 2.75) is 39.0 Å². The summed E-state index contributed by atoms with van der Waals surface area (Å²) in [5.74, 6) is -0.0341. The van der Waals surface area contributed by atoms with E-state index in [9.17, 15) is 9.59 Å². The van der Waals surface area contributed by atoms with E-state index in [4.69, 9.17) is 4.74 Å². The molecular weight excluding hydrogens is 286 g/mol. The zero-order valence-corrected chi connectivity index (χ0v) is 13.7. The molecule has 116 valence electrons. The maximum atomic E-state index is 12.7. The number of amides is 1. The van der Waals surface area contributed by atoms with Gasteiger partial charge in [0, 0.05) is 18.0 Å². The third-order valence-electron chi connectivity index (χ3n) is 4.07. The summed E-state index contributed by atoms with van der Waals surface area (Å²) < 4.78 is 5.06. The summed E-state index contributed by atoms with van der Waals surface area (Å²) in [6, 6.07) is 3.98. The molecule has 0 N–H and O–H groups in total. The molecule has 0 aliphatic carbocycles. The molecule has 0 saturated carbocycles. The molecule has 4 nitrogen and oxygen atoms in total. The second-order valence-electron chi connectivity index (χ2n) is 5.92. The Morgan fingerprint density at radius 1 is 1.38 bits per heavy atom. The fraction of sp³-hybridized carbons (Fsp3) is 0.625. The molecule has 0 bridgehead atoms. The van der Waals surface area contributed by atoms with Crippen LogP contribution in [0.4, 0.5) is 0 Å². The van der Waals surface area contributed by atoms with Crippen LogP contribution in [0.15, 0.2) is 17.5 Å². The molecule has 1 aliphatic rings. The molecule has 1 aromatic rings. The number of likely N-dealkylation sites (tertiary alicyclic amines) is 1. The molecule has 21 heavy (non-hydrogen) atoms. The third kappa shape index (κ3) is 3.46. The smallest absolute Gasteiger partial charge is 0.309 e. The summed E-state index contributed by atoms with van der Waals surface area (Å²) in [5, 5.41) is 2.00. The molecule has 0 radical (unpaired) electrons. The van der Waals surface area contributed by atoms with E-state index in [0.717, 1.165) is 4.88 Å². The second-order valence-corrected chi connectivity index (χ2v) is 6.87. The van der Waals surface area contributed by atoms with Crippen LogP contribution in [0.3, 0.4) is 0 Å². The van der Waals surface area contributed by atoms with Crippen molar-refractivity contribution in [3.8, 4) is 0 Å². The fourth-order valence-electron chi connectivity index (χ4n) is 2.71. The Hall–Kier alpha value is -1.36. The van der Waals surface area contributed by atoms with Crippen molar-refractivity contribution < 1.29 is 14.3 Å². The Morgan fingerprint density at radius 2 is 2.05 bits per heavy atom. The predicted molar refractivity (Wildman–Crippen MR) is 83.3 cm³/mol. The molecule has 1 saturated heterocycles. The van der Waals surface area contributed by atoms with Crippen LogP contribution < -0.4 is 0 Å². The van der Waals surface area contributed by atoms with Crippen LogP contribution in [-0.4, -0.2) is 36.5 Å². The van der Waals surface area contributed by atoms with Gasteiger partial charge in [-0.15, -0.1) is 11.3 Å². The first-order valence-electron chi connectivity index (χ1n) is 7.46. The van der Waals surface area contributed by atoms with Crippen molar-refractivity contribution in [3.05, 3.63) is 22.4 Å². The summed E-state index contributed by atoms with van der Waals surface area (Å²) in [7, 11) is 0. The number of carbonyl (C=O) groups excluding carboxylic acids is 2. The van der Waals surface area contributed by atoms with E-state index in [0.29, 0.717) is 32.5 Å². The molecule has 0 unspecified atom stereocenters. The highest BCUT2D eigenvalue weighted by atomic mass is 32.1. The van der Waals surface area contributed by atoms with Gasteiger partial charge in [0.2, 0.25) is 5.91 Å². The molecule has 1 aliphatic heterocycles. The van der Waals surface area contributed by atoms with E-state index in [1.165, 1.54) is 0 Å². The Balaban J connectivity index is 1.96. The van der Waals surface area contributed by atoms with E-state index < -0.39 is 5.41 Å². The number of ether oxygens (including phenoxy) is 1. The first-order valence-corrected chi connectivity index (χ1v) is 8.34. The van der Waals surface area contributed by atoms with Gasteiger partial charge >= 0.3 is 5.97 Å². The highest BCUT2D eigenvalue weighted by Crippen LogP contribution is 2.31. The van der Waals surface area contributed by atoms with Crippen molar-refractivity contribution in [3.63, 3.8) is 0 Å². The highest BCUT2D eigenvalue weighted by Gasteiger charge is 2.37. The SMILES string of the molecule is CCOC(=O)C1CCN(C(=O)C(C)(C)c2cccs2)CC1. The lowest BCUT2D eigenvalue weighted by Gasteiger charge is -2.36. The summed E-state index contributed by atoms with van der Waals surface area (Å²) in [6.07, 6.45) is 1.40. The minimum absolute atomic E-state index is 0.0566. The van der Waals surface area contributed by atoms with Gasteiger partial charge in [0.25, 0.3) is 0 Å². The van der Waals surface area contributed by atoms with E-state index in [1.807, 2.05) is 43.2 Å². The monoisotopic (exact) mass is 309 g/mol. The predicted octanol–water partition coefficient (Wildman–Crippen LogP) is 2.83. The lowest BCUT2D eigenvalue weighted by Crippen LogP contribution is -2.47. The fourth-order valence-corrected chi connectivity index (χ4v) is 3.56. The van der Waals surface area contributed by atoms with Crippen molar-refractivity contribution in [2.24, 2.45) is 5.92 Å². The van der Waals surface area contributed by atoms with Gasteiger partial charge in [-0.25, -0.2) is 0 Å². The third-order valence-corrected chi connectivity index (χ3v) is 5.27. The lowest BCUT2D eigenvalue weighted by molar-refractivity contribution is -0.151. The standard InChI is InChI=1S/C16H23NO3S/c1-4-20-14(18)12-7-9-17(10-8-12)15(19)16(2,3)13-6-5-11-21-13/h5-6,11-12H,4,7-10H2,1-3H3. The van der Waals surface area contributed by atoms with Gasteiger partial charge in [-0.2, -0.15) is 0 Å². The van der Waals surface area contributed by atoms with E-state index >= 15 is 0 Å². The molecule has 5 heteroatoms. The van der Waals surface area contributed by atoms with Crippen LogP contribution >= 0.6 is 11.3 Å². The first-order chi connectivity index (χ1) is 9.96. The molecule has 1 aromatic heterocycles. The molecule has 0 aromatic carbocycles. The quantitative estimate of drug-likeness (QED) is 0.804. The van der Waals surface area contributed by atoms with Gasteiger partial charge in [0.05, 0.1) is 17.9 Å². The highest BCUT2D eigenvalue weighted by molar-refractivity contribution is 7.10. The number of nitrogens with zero attached hydrogens (tertiary/aromatic N) is 1. The van der Waals surface area contributed by atoms with Crippen molar-refractivity contribution in [1.82, 2.24) is 4.90 Å². The van der Waals surface area contributed by atoms with E-state index in [1.54, 1.807) is 11.3 Å². The van der Waals surface area contributed by atoms with Crippen LogP contribution in [0.2, 0.25) is 0 Å². The summed E-state index contributed by atoms with van der Waals surface area (Å²) in [5.41, 5.74) is -0.495. The van der Waals surface area contributed by atoms with Gasteiger partial charge in [-0.1, -0.05) is 6.07 Å². The van der Waals surface area contributed by atoms with Crippen molar-refractivity contribution >= 4 is 23.2 Å². The maximum absolute atomic E-state index is 12.7. The van der Waals surface area contributed by atoms with Crippen molar-refractivity contribution in [2.75, 3.05) is 19.7 Å². The van der Waals surface area contributed by atoms with Gasteiger partial charge in [-0.05, 0) is 45.1 Å². The average molecular weight is 309 g/mol. The molecule has 2 rings (SSSR count). The Morgan fingerprint density at radius 3 is 2.57 bits per heavy atom. The van der Waals surface area contributed by atoms with Crippen molar-refractivity contribution in [1.29, 1.82) is 0 Å². The molecule has 0 atom stereocenters. The summed E-state index contributed by atoms with van der Waals surface area (Å²) in [4.78, 5) is 27.4. The first kappa shape index (κ1) is 16.0. The van der Waals surface area contributed by atoms with Gasteiger partial charge in [-0.3, -0.25) is 9.59 Å². The minimum atomic E-state index is -0.495. The van der Waals surface area contributed by atoms with E-state index in [-0.39, 0.29) is 17.8 Å². The zero-order chi connectivity index (χ0) is 15.5. The number of carbonyl (C=O) groups is 2. The number of thiophene rings is 1. The number of rotatable bonds is 4. The Labute approximate surface area is 130 Å². The van der Waals surface area contributed by atoms with Gasteiger partial charge in [0.15, 0.2) is 0 Å². The zero-order valence-electron chi connectivity index (χ0n) is 12.9. The molecular formula is C16H23NO3S. The van der Waals surface area contributed by atoms with Crippen LogP contribution in [-0.2, 0) is 19.7 Å².